The normalized spacial score (nSPS) is 16.1. The van der Waals surface area contributed by atoms with E-state index in [0.717, 1.165) is 17.0 Å². The zero-order chi connectivity index (χ0) is 18.8. The molecule has 1 amide bonds. The Labute approximate surface area is 161 Å². The zero-order valence-corrected chi connectivity index (χ0v) is 15.7. The molecule has 1 aliphatic heterocycles. The summed E-state index contributed by atoms with van der Waals surface area (Å²) in [5.74, 6) is 0.0820. The van der Waals surface area contributed by atoms with Gasteiger partial charge < -0.3 is 10.1 Å². The van der Waals surface area contributed by atoms with E-state index in [-0.39, 0.29) is 17.8 Å². The molecule has 138 valence electrons. The highest BCUT2D eigenvalue weighted by atomic mass is 32.1. The Kier molecular flexibility index (Phi) is 4.90. The highest BCUT2D eigenvalue weighted by molar-refractivity contribution is 7.13. The number of thiophene rings is 1. The highest BCUT2D eigenvalue weighted by Crippen LogP contribution is 2.32. The van der Waals surface area contributed by atoms with E-state index in [1.165, 1.54) is 12.1 Å². The first-order valence-electron chi connectivity index (χ1n) is 8.86. The third-order valence-electron chi connectivity index (χ3n) is 4.65. The molecule has 0 unspecified atom stereocenters. The molecular weight excluding hydrogens is 363 g/mol. The molecule has 3 heterocycles. The number of pyridine rings is 1. The van der Waals surface area contributed by atoms with E-state index in [9.17, 15) is 9.18 Å². The van der Waals surface area contributed by atoms with Gasteiger partial charge in [-0.15, -0.1) is 11.3 Å². The number of nitrogens with one attached hydrogen (secondary N) is 1. The average Bonchev–Trinajstić information content (AvgIpc) is 3.12. The van der Waals surface area contributed by atoms with Gasteiger partial charge in [0, 0.05) is 5.56 Å². The molecule has 0 bridgehead atoms. The van der Waals surface area contributed by atoms with Crippen LogP contribution in [0.15, 0.2) is 47.8 Å². The SMILES string of the molecule is Cc1nc(-c2cccs2)ccc1C(=O)N[C@@H]1CCCOc2ccc(F)cc21. The van der Waals surface area contributed by atoms with Crippen molar-refractivity contribution < 1.29 is 13.9 Å². The molecule has 2 aromatic heterocycles. The highest BCUT2D eigenvalue weighted by Gasteiger charge is 2.23. The number of amides is 1. The molecule has 1 aliphatic rings. The van der Waals surface area contributed by atoms with E-state index >= 15 is 0 Å². The first-order chi connectivity index (χ1) is 13.1. The standard InChI is InChI=1S/C21H19FN2O2S/c1-13-15(7-8-18(23-13)20-5-3-11-27-20)21(25)24-17-4-2-10-26-19-9-6-14(22)12-16(17)19/h3,5-9,11-12,17H,2,4,10H2,1H3,(H,24,25)/t17-/m1/s1. The van der Waals surface area contributed by atoms with Gasteiger partial charge in [0.15, 0.2) is 0 Å². The predicted octanol–water partition coefficient (Wildman–Crippen LogP) is 4.90. The van der Waals surface area contributed by atoms with Crippen molar-refractivity contribution >= 4 is 17.2 Å². The number of fused-ring (bicyclic) bond motifs is 1. The second-order valence-corrected chi connectivity index (χ2v) is 7.45. The van der Waals surface area contributed by atoms with Crippen LogP contribution >= 0.6 is 11.3 Å². The fraction of sp³-hybridized carbons (Fsp3) is 0.238. The van der Waals surface area contributed by atoms with E-state index in [1.54, 1.807) is 23.5 Å². The van der Waals surface area contributed by atoms with Gasteiger partial charge >= 0.3 is 0 Å². The summed E-state index contributed by atoms with van der Waals surface area (Å²) in [5, 5.41) is 5.03. The van der Waals surface area contributed by atoms with E-state index in [0.29, 0.717) is 35.6 Å². The van der Waals surface area contributed by atoms with Gasteiger partial charge in [0.05, 0.1) is 34.5 Å². The summed E-state index contributed by atoms with van der Waals surface area (Å²) in [7, 11) is 0. The lowest BCUT2D eigenvalue weighted by molar-refractivity contribution is 0.0933. The van der Waals surface area contributed by atoms with E-state index in [2.05, 4.69) is 10.3 Å². The van der Waals surface area contributed by atoms with Crippen molar-refractivity contribution in [2.75, 3.05) is 6.61 Å². The minimum absolute atomic E-state index is 0.208. The third-order valence-corrected chi connectivity index (χ3v) is 5.54. The summed E-state index contributed by atoms with van der Waals surface area (Å²) in [6.07, 6.45) is 1.48. The van der Waals surface area contributed by atoms with Crippen molar-refractivity contribution in [3.05, 3.63) is 70.5 Å². The summed E-state index contributed by atoms with van der Waals surface area (Å²) in [6, 6.07) is 11.8. The molecule has 1 N–H and O–H groups in total. The second-order valence-electron chi connectivity index (χ2n) is 6.51. The zero-order valence-electron chi connectivity index (χ0n) is 14.9. The van der Waals surface area contributed by atoms with Gasteiger partial charge in [0.25, 0.3) is 5.91 Å². The number of carbonyl (C=O) groups is 1. The van der Waals surface area contributed by atoms with Crippen LogP contribution in [-0.2, 0) is 0 Å². The molecule has 0 aliphatic carbocycles. The largest absolute Gasteiger partial charge is 0.493 e. The molecular formula is C21H19FN2O2S. The molecule has 4 rings (SSSR count). The Morgan fingerprint density at radius 3 is 2.96 bits per heavy atom. The summed E-state index contributed by atoms with van der Waals surface area (Å²) in [5.41, 5.74) is 2.73. The fourth-order valence-electron chi connectivity index (χ4n) is 3.30. The molecule has 0 radical (unpaired) electrons. The van der Waals surface area contributed by atoms with Crippen LogP contribution in [0, 0.1) is 12.7 Å². The molecule has 27 heavy (non-hydrogen) atoms. The molecule has 0 fully saturated rings. The molecule has 1 aromatic carbocycles. The molecule has 4 nitrogen and oxygen atoms in total. The van der Waals surface area contributed by atoms with E-state index in [1.807, 2.05) is 30.5 Å². The maximum atomic E-state index is 13.7. The van der Waals surface area contributed by atoms with Gasteiger partial charge in [0.2, 0.25) is 0 Å². The average molecular weight is 382 g/mol. The number of ether oxygens (including phenoxy) is 1. The number of rotatable bonds is 3. The molecule has 3 aromatic rings. The Balaban J connectivity index is 1.58. The van der Waals surface area contributed by atoms with Crippen molar-refractivity contribution in [1.82, 2.24) is 10.3 Å². The van der Waals surface area contributed by atoms with Crippen molar-refractivity contribution in [2.45, 2.75) is 25.8 Å². The topological polar surface area (TPSA) is 51.2 Å². The summed E-state index contributed by atoms with van der Waals surface area (Å²) < 4.78 is 19.4. The van der Waals surface area contributed by atoms with Crippen LogP contribution in [0.3, 0.4) is 0 Å². The van der Waals surface area contributed by atoms with Gasteiger partial charge in [-0.2, -0.15) is 0 Å². The number of aromatic nitrogens is 1. The molecule has 1 atom stereocenters. The number of nitrogens with zero attached hydrogens (tertiary/aromatic N) is 1. The van der Waals surface area contributed by atoms with Gasteiger partial charge in [-0.1, -0.05) is 6.07 Å². The Bertz CT molecular complexity index is 972. The van der Waals surface area contributed by atoms with Crippen LogP contribution in [0.5, 0.6) is 5.75 Å². The first kappa shape index (κ1) is 17.7. The lowest BCUT2D eigenvalue weighted by Gasteiger charge is -2.19. The Morgan fingerprint density at radius 1 is 1.30 bits per heavy atom. The first-order valence-corrected chi connectivity index (χ1v) is 9.74. The lowest BCUT2D eigenvalue weighted by atomic mass is 10.0. The van der Waals surface area contributed by atoms with Gasteiger partial charge in [0.1, 0.15) is 11.6 Å². The second kappa shape index (κ2) is 7.48. The number of aryl methyl sites for hydroxylation is 1. The summed E-state index contributed by atoms with van der Waals surface area (Å²) in [6.45, 7) is 2.39. The monoisotopic (exact) mass is 382 g/mol. The van der Waals surface area contributed by atoms with Crippen molar-refractivity contribution in [3.63, 3.8) is 0 Å². The fourth-order valence-corrected chi connectivity index (χ4v) is 3.99. The van der Waals surface area contributed by atoms with Crippen LogP contribution in [-0.4, -0.2) is 17.5 Å². The van der Waals surface area contributed by atoms with E-state index in [4.69, 9.17) is 4.74 Å². The smallest absolute Gasteiger partial charge is 0.253 e. The molecule has 6 heteroatoms. The number of hydrogen-bond acceptors (Lipinski definition) is 4. The number of benzene rings is 1. The summed E-state index contributed by atoms with van der Waals surface area (Å²) >= 11 is 1.61. The minimum Gasteiger partial charge on any atom is -0.493 e. The maximum Gasteiger partial charge on any atom is 0.253 e. The van der Waals surface area contributed by atoms with Crippen LogP contribution in [0.1, 0.15) is 40.5 Å². The van der Waals surface area contributed by atoms with Crippen LogP contribution in [0.2, 0.25) is 0 Å². The van der Waals surface area contributed by atoms with Crippen molar-refractivity contribution in [2.24, 2.45) is 0 Å². The summed E-state index contributed by atoms with van der Waals surface area (Å²) in [4.78, 5) is 18.5. The Morgan fingerprint density at radius 2 is 2.19 bits per heavy atom. The number of halogens is 1. The molecule has 0 spiro atoms. The molecule has 0 saturated carbocycles. The maximum absolute atomic E-state index is 13.7. The quantitative estimate of drug-likeness (QED) is 0.701. The minimum atomic E-state index is -0.336. The number of carbonyl (C=O) groups excluding carboxylic acids is 1. The van der Waals surface area contributed by atoms with Gasteiger partial charge in [-0.25, -0.2) is 4.39 Å². The van der Waals surface area contributed by atoms with Crippen LogP contribution in [0.4, 0.5) is 4.39 Å². The predicted molar refractivity (Wildman–Crippen MR) is 104 cm³/mol. The van der Waals surface area contributed by atoms with Gasteiger partial charge in [-0.05, 0) is 61.5 Å². The number of hydrogen-bond donors (Lipinski definition) is 1. The molecule has 0 saturated heterocycles. The van der Waals surface area contributed by atoms with Crippen molar-refractivity contribution in [3.8, 4) is 16.3 Å². The lowest BCUT2D eigenvalue weighted by Crippen LogP contribution is -2.29. The van der Waals surface area contributed by atoms with Crippen LogP contribution < -0.4 is 10.1 Å². The van der Waals surface area contributed by atoms with Crippen LogP contribution in [0.25, 0.3) is 10.6 Å². The Hall–Kier alpha value is -2.73. The van der Waals surface area contributed by atoms with E-state index < -0.39 is 0 Å². The van der Waals surface area contributed by atoms with Crippen molar-refractivity contribution in [1.29, 1.82) is 0 Å². The van der Waals surface area contributed by atoms with Gasteiger partial charge in [-0.3, -0.25) is 9.78 Å². The third kappa shape index (κ3) is 3.71.